The zero-order valence-electron chi connectivity index (χ0n) is 16.8. The highest BCUT2D eigenvalue weighted by molar-refractivity contribution is 5.95. The molecular weight excluding hydrogens is 338 g/mol. The first-order valence-electron chi connectivity index (χ1n) is 9.27. The Morgan fingerprint density at radius 1 is 1.04 bits per heavy atom. The summed E-state index contributed by atoms with van der Waals surface area (Å²) in [6, 6.07) is 16.3. The molecule has 0 aromatic heterocycles. The first kappa shape index (κ1) is 19.2. The van der Waals surface area contributed by atoms with E-state index in [1.807, 2.05) is 60.3 Å². The van der Waals surface area contributed by atoms with Gasteiger partial charge < -0.3 is 19.4 Å². The van der Waals surface area contributed by atoms with Crippen molar-refractivity contribution < 1.29 is 9.53 Å². The van der Waals surface area contributed by atoms with Crippen molar-refractivity contribution in [2.45, 2.75) is 12.0 Å². The summed E-state index contributed by atoms with van der Waals surface area (Å²) in [6.45, 7) is 1.45. The molecule has 1 fully saturated rings. The van der Waals surface area contributed by atoms with Crippen molar-refractivity contribution in [3.05, 3.63) is 59.7 Å². The number of carbonyl (C=O) groups excluding carboxylic acids is 1. The van der Waals surface area contributed by atoms with Crippen LogP contribution in [0, 0.1) is 0 Å². The molecule has 0 bridgehead atoms. The lowest BCUT2D eigenvalue weighted by Gasteiger charge is -2.25. The van der Waals surface area contributed by atoms with Crippen LogP contribution in [0.4, 0.5) is 5.69 Å². The van der Waals surface area contributed by atoms with E-state index in [2.05, 4.69) is 31.1 Å². The molecular formula is C22H29N3O2. The van der Waals surface area contributed by atoms with E-state index in [0.717, 1.165) is 30.1 Å². The van der Waals surface area contributed by atoms with Crippen molar-refractivity contribution in [1.29, 1.82) is 0 Å². The summed E-state index contributed by atoms with van der Waals surface area (Å²) in [5.41, 5.74) is 3.02. The molecule has 2 aromatic rings. The Labute approximate surface area is 162 Å². The van der Waals surface area contributed by atoms with Crippen LogP contribution < -0.4 is 9.64 Å². The van der Waals surface area contributed by atoms with E-state index in [1.165, 1.54) is 5.56 Å². The smallest absolute Gasteiger partial charge is 0.254 e. The maximum absolute atomic E-state index is 13.1. The molecule has 1 heterocycles. The Morgan fingerprint density at radius 2 is 1.74 bits per heavy atom. The van der Waals surface area contributed by atoms with Crippen LogP contribution in [0.1, 0.15) is 21.8 Å². The van der Waals surface area contributed by atoms with Gasteiger partial charge in [0, 0.05) is 50.4 Å². The second-order valence-electron chi connectivity index (χ2n) is 7.57. The van der Waals surface area contributed by atoms with Crippen LogP contribution in [0.15, 0.2) is 48.5 Å². The fraction of sp³-hybridized carbons (Fsp3) is 0.409. The standard InChI is InChI=1S/C22H29N3O2/c1-23(2)18-8-6-7-17(13-18)22(26)25-14-20(21(15-25)24(3)4)16-9-11-19(27-5)12-10-16/h6-13,20-21H,14-15H2,1-5H3/t20-,21+/m0/s1. The summed E-state index contributed by atoms with van der Waals surface area (Å²) in [6.07, 6.45) is 0. The predicted molar refractivity (Wildman–Crippen MR) is 110 cm³/mol. The number of amides is 1. The van der Waals surface area contributed by atoms with E-state index in [9.17, 15) is 4.79 Å². The van der Waals surface area contributed by atoms with Crippen molar-refractivity contribution in [2.24, 2.45) is 0 Å². The molecule has 1 saturated heterocycles. The number of likely N-dealkylation sites (tertiary alicyclic amines) is 1. The normalized spacial score (nSPS) is 19.4. The summed E-state index contributed by atoms with van der Waals surface area (Å²) in [7, 11) is 9.82. The van der Waals surface area contributed by atoms with Gasteiger partial charge in [0.15, 0.2) is 0 Å². The largest absolute Gasteiger partial charge is 0.497 e. The third-order valence-electron chi connectivity index (χ3n) is 5.39. The SMILES string of the molecule is COc1ccc([C@@H]2CN(C(=O)c3cccc(N(C)C)c3)C[C@H]2N(C)C)cc1. The third-order valence-corrected chi connectivity index (χ3v) is 5.39. The van der Waals surface area contributed by atoms with Crippen LogP contribution in [0.3, 0.4) is 0 Å². The first-order chi connectivity index (χ1) is 12.9. The maximum atomic E-state index is 13.1. The number of benzene rings is 2. The average molecular weight is 367 g/mol. The van der Waals surface area contributed by atoms with Crippen LogP contribution in [0.5, 0.6) is 5.75 Å². The predicted octanol–water partition coefficient (Wildman–Crippen LogP) is 2.93. The van der Waals surface area contributed by atoms with Gasteiger partial charge in [-0.3, -0.25) is 4.79 Å². The number of nitrogens with zero attached hydrogens (tertiary/aromatic N) is 3. The number of hydrogen-bond donors (Lipinski definition) is 0. The molecule has 0 spiro atoms. The molecule has 0 unspecified atom stereocenters. The number of ether oxygens (including phenoxy) is 1. The van der Waals surface area contributed by atoms with Crippen LogP contribution in [0.2, 0.25) is 0 Å². The molecule has 1 amide bonds. The third kappa shape index (κ3) is 4.08. The summed E-state index contributed by atoms with van der Waals surface area (Å²) < 4.78 is 5.27. The molecule has 144 valence electrons. The molecule has 2 atom stereocenters. The van der Waals surface area contributed by atoms with E-state index < -0.39 is 0 Å². The molecule has 2 aromatic carbocycles. The Bertz CT molecular complexity index is 786. The van der Waals surface area contributed by atoms with Gasteiger partial charge in [0.1, 0.15) is 5.75 Å². The fourth-order valence-corrected chi connectivity index (χ4v) is 3.75. The van der Waals surface area contributed by atoms with Crippen molar-refractivity contribution in [1.82, 2.24) is 9.80 Å². The molecule has 0 radical (unpaired) electrons. The van der Waals surface area contributed by atoms with E-state index in [0.29, 0.717) is 6.04 Å². The number of carbonyl (C=O) groups is 1. The number of rotatable bonds is 5. The van der Waals surface area contributed by atoms with Gasteiger partial charge in [-0.25, -0.2) is 0 Å². The highest BCUT2D eigenvalue weighted by Crippen LogP contribution is 2.32. The molecule has 0 N–H and O–H groups in total. The average Bonchev–Trinajstić information content (AvgIpc) is 3.13. The van der Waals surface area contributed by atoms with E-state index in [4.69, 9.17) is 4.74 Å². The van der Waals surface area contributed by atoms with Crippen LogP contribution in [-0.2, 0) is 0 Å². The molecule has 27 heavy (non-hydrogen) atoms. The fourth-order valence-electron chi connectivity index (χ4n) is 3.75. The van der Waals surface area contributed by atoms with Gasteiger partial charge in [-0.2, -0.15) is 0 Å². The van der Waals surface area contributed by atoms with Crippen LogP contribution in [0.25, 0.3) is 0 Å². The van der Waals surface area contributed by atoms with E-state index in [1.54, 1.807) is 7.11 Å². The molecule has 1 aliphatic rings. The van der Waals surface area contributed by atoms with Gasteiger partial charge in [-0.1, -0.05) is 18.2 Å². The van der Waals surface area contributed by atoms with Gasteiger partial charge in [0.2, 0.25) is 0 Å². The van der Waals surface area contributed by atoms with Crippen molar-refractivity contribution in [2.75, 3.05) is 53.3 Å². The van der Waals surface area contributed by atoms with Gasteiger partial charge in [-0.05, 0) is 50.0 Å². The zero-order valence-corrected chi connectivity index (χ0v) is 16.8. The number of anilines is 1. The molecule has 3 rings (SSSR count). The molecule has 0 saturated carbocycles. The first-order valence-corrected chi connectivity index (χ1v) is 9.27. The summed E-state index contributed by atoms with van der Waals surface area (Å²) >= 11 is 0. The van der Waals surface area contributed by atoms with Crippen LogP contribution >= 0.6 is 0 Å². The van der Waals surface area contributed by atoms with Gasteiger partial charge in [0.25, 0.3) is 5.91 Å². The quantitative estimate of drug-likeness (QED) is 0.814. The molecule has 1 aliphatic heterocycles. The van der Waals surface area contributed by atoms with Crippen molar-refractivity contribution >= 4 is 11.6 Å². The van der Waals surface area contributed by atoms with E-state index in [-0.39, 0.29) is 11.8 Å². The van der Waals surface area contributed by atoms with Gasteiger partial charge in [-0.15, -0.1) is 0 Å². The Morgan fingerprint density at radius 3 is 2.33 bits per heavy atom. The molecule has 0 aliphatic carbocycles. The minimum Gasteiger partial charge on any atom is -0.497 e. The Balaban J connectivity index is 1.83. The minimum atomic E-state index is 0.0987. The Kier molecular flexibility index (Phi) is 5.71. The highest BCUT2D eigenvalue weighted by atomic mass is 16.5. The lowest BCUT2D eigenvalue weighted by atomic mass is 9.93. The van der Waals surface area contributed by atoms with Gasteiger partial charge >= 0.3 is 0 Å². The topological polar surface area (TPSA) is 36.0 Å². The van der Waals surface area contributed by atoms with Gasteiger partial charge in [0.05, 0.1) is 7.11 Å². The zero-order chi connectivity index (χ0) is 19.6. The highest BCUT2D eigenvalue weighted by Gasteiger charge is 2.37. The Hall–Kier alpha value is -2.53. The lowest BCUT2D eigenvalue weighted by Crippen LogP contribution is -2.35. The summed E-state index contributed by atoms with van der Waals surface area (Å²) in [4.78, 5) is 19.4. The van der Waals surface area contributed by atoms with E-state index >= 15 is 0 Å². The number of hydrogen-bond acceptors (Lipinski definition) is 4. The summed E-state index contributed by atoms with van der Waals surface area (Å²) in [5.74, 6) is 1.24. The second kappa shape index (κ2) is 8.01. The summed E-state index contributed by atoms with van der Waals surface area (Å²) in [5, 5.41) is 0. The molecule has 5 nitrogen and oxygen atoms in total. The van der Waals surface area contributed by atoms with Crippen molar-refractivity contribution in [3.63, 3.8) is 0 Å². The number of methoxy groups -OCH3 is 1. The molecule has 5 heteroatoms. The monoisotopic (exact) mass is 367 g/mol. The maximum Gasteiger partial charge on any atom is 0.254 e. The lowest BCUT2D eigenvalue weighted by molar-refractivity contribution is 0.0782. The second-order valence-corrected chi connectivity index (χ2v) is 7.57. The van der Waals surface area contributed by atoms with Crippen molar-refractivity contribution in [3.8, 4) is 5.75 Å². The van der Waals surface area contributed by atoms with Crippen LogP contribution in [-0.4, -0.2) is 70.1 Å². The minimum absolute atomic E-state index is 0.0987. The number of likely N-dealkylation sites (N-methyl/N-ethyl adjacent to an activating group) is 1.